The van der Waals surface area contributed by atoms with Gasteiger partial charge in [-0.1, -0.05) is 43.3 Å². The average Bonchev–Trinajstić information content (AvgIpc) is 3.27. The molecule has 3 aromatic carbocycles. The lowest BCUT2D eigenvalue weighted by atomic mass is 9.90. The summed E-state index contributed by atoms with van der Waals surface area (Å²) in [6.07, 6.45) is 2.95. The highest BCUT2D eigenvalue weighted by Crippen LogP contribution is 2.31. The van der Waals surface area contributed by atoms with Crippen LogP contribution < -0.4 is 14.8 Å². The van der Waals surface area contributed by atoms with Gasteiger partial charge < -0.3 is 19.8 Å². The van der Waals surface area contributed by atoms with Crippen molar-refractivity contribution in [2.75, 3.05) is 20.3 Å². The minimum absolute atomic E-state index is 0.0134. The van der Waals surface area contributed by atoms with Crippen LogP contribution in [0, 0.1) is 0 Å². The van der Waals surface area contributed by atoms with Crippen LogP contribution in [0.4, 0.5) is 0 Å². The van der Waals surface area contributed by atoms with Gasteiger partial charge in [-0.3, -0.25) is 4.79 Å². The van der Waals surface area contributed by atoms with Crippen molar-refractivity contribution in [1.82, 2.24) is 10.3 Å². The molecule has 0 aliphatic heterocycles. The Balaban J connectivity index is 1.59. The van der Waals surface area contributed by atoms with Crippen LogP contribution >= 0.6 is 0 Å². The second-order valence-electron chi connectivity index (χ2n) is 7.70. The SMILES string of the molecule is CCCOc1cccc(C(=O)NC[C@H](c2ccc(OC)cc2)c2c[nH]c3ccccc23)c1. The van der Waals surface area contributed by atoms with Crippen molar-refractivity contribution in [2.24, 2.45) is 0 Å². The zero-order valence-corrected chi connectivity index (χ0v) is 18.4. The molecule has 0 unspecified atom stereocenters. The fraction of sp³-hybridized carbons (Fsp3) is 0.222. The predicted octanol–water partition coefficient (Wildman–Crippen LogP) is 5.53. The third-order valence-corrected chi connectivity index (χ3v) is 5.55. The fourth-order valence-corrected chi connectivity index (χ4v) is 3.87. The van der Waals surface area contributed by atoms with E-state index in [0.717, 1.165) is 34.2 Å². The van der Waals surface area contributed by atoms with Gasteiger partial charge >= 0.3 is 0 Å². The largest absolute Gasteiger partial charge is 0.497 e. The molecule has 4 rings (SSSR count). The van der Waals surface area contributed by atoms with Gasteiger partial charge in [-0.15, -0.1) is 0 Å². The first-order valence-electron chi connectivity index (χ1n) is 10.9. The Hall–Kier alpha value is -3.73. The van der Waals surface area contributed by atoms with Crippen molar-refractivity contribution in [2.45, 2.75) is 19.3 Å². The van der Waals surface area contributed by atoms with E-state index >= 15 is 0 Å². The summed E-state index contributed by atoms with van der Waals surface area (Å²) in [5, 5.41) is 4.27. The summed E-state index contributed by atoms with van der Waals surface area (Å²) in [5.41, 5.74) is 3.92. The van der Waals surface area contributed by atoms with Crippen LogP contribution in [0.3, 0.4) is 0 Å². The highest BCUT2D eigenvalue weighted by atomic mass is 16.5. The third-order valence-electron chi connectivity index (χ3n) is 5.55. The Labute approximate surface area is 188 Å². The number of rotatable bonds is 9. The molecule has 0 spiro atoms. The van der Waals surface area contributed by atoms with Crippen LogP contribution in [0.1, 0.15) is 40.7 Å². The van der Waals surface area contributed by atoms with E-state index in [9.17, 15) is 4.79 Å². The maximum atomic E-state index is 12.9. The van der Waals surface area contributed by atoms with Gasteiger partial charge in [0, 0.05) is 35.1 Å². The van der Waals surface area contributed by atoms with E-state index in [1.165, 1.54) is 0 Å². The summed E-state index contributed by atoms with van der Waals surface area (Å²) in [6.45, 7) is 3.15. The number of carbonyl (C=O) groups is 1. The normalized spacial score (nSPS) is 11.8. The topological polar surface area (TPSA) is 63.4 Å². The van der Waals surface area contributed by atoms with Crippen LogP contribution in [0.2, 0.25) is 0 Å². The van der Waals surface area contributed by atoms with Crippen molar-refractivity contribution in [1.29, 1.82) is 0 Å². The van der Waals surface area contributed by atoms with E-state index in [0.29, 0.717) is 24.5 Å². The lowest BCUT2D eigenvalue weighted by Crippen LogP contribution is -2.28. The quantitative estimate of drug-likeness (QED) is 0.369. The van der Waals surface area contributed by atoms with Gasteiger partial charge in [-0.2, -0.15) is 0 Å². The van der Waals surface area contributed by atoms with Crippen molar-refractivity contribution in [3.8, 4) is 11.5 Å². The minimum atomic E-state index is -0.120. The first-order chi connectivity index (χ1) is 15.7. The summed E-state index contributed by atoms with van der Waals surface area (Å²) in [4.78, 5) is 16.3. The summed E-state index contributed by atoms with van der Waals surface area (Å²) in [6, 6.07) is 23.5. The van der Waals surface area contributed by atoms with Crippen LogP contribution in [-0.2, 0) is 0 Å². The molecule has 0 saturated carbocycles. The first-order valence-corrected chi connectivity index (χ1v) is 10.9. The number of benzene rings is 3. The van der Waals surface area contributed by atoms with Crippen molar-refractivity contribution in [3.05, 3.63) is 95.7 Å². The fourth-order valence-electron chi connectivity index (χ4n) is 3.87. The molecule has 0 radical (unpaired) electrons. The molecule has 0 saturated heterocycles. The second-order valence-corrected chi connectivity index (χ2v) is 7.70. The van der Waals surface area contributed by atoms with Crippen LogP contribution in [0.15, 0.2) is 79.0 Å². The second kappa shape index (κ2) is 10.1. The van der Waals surface area contributed by atoms with Gasteiger partial charge in [0.1, 0.15) is 11.5 Å². The Kier molecular flexibility index (Phi) is 6.75. The van der Waals surface area contributed by atoms with Gasteiger partial charge in [-0.25, -0.2) is 0 Å². The number of amides is 1. The van der Waals surface area contributed by atoms with E-state index in [1.807, 2.05) is 48.7 Å². The number of ether oxygens (including phenoxy) is 2. The number of hydrogen-bond acceptors (Lipinski definition) is 3. The highest BCUT2D eigenvalue weighted by Gasteiger charge is 2.20. The zero-order chi connectivity index (χ0) is 22.3. The Morgan fingerprint density at radius 3 is 2.59 bits per heavy atom. The smallest absolute Gasteiger partial charge is 0.251 e. The van der Waals surface area contributed by atoms with Gasteiger partial charge in [0.2, 0.25) is 0 Å². The number of methoxy groups -OCH3 is 1. The summed E-state index contributed by atoms with van der Waals surface area (Å²) < 4.78 is 11.0. The standard InChI is InChI=1S/C27H28N2O3/c1-3-15-32-22-8-6-7-20(16-22)27(30)29-17-24(19-11-13-21(31-2)14-12-19)25-18-28-26-10-5-4-9-23(25)26/h4-14,16,18,24,28H,3,15,17H2,1-2H3,(H,29,30)/t24-/m1/s1. The van der Waals surface area contributed by atoms with Crippen LogP contribution in [-0.4, -0.2) is 31.2 Å². The molecule has 0 aliphatic carbocycles. The first kappa shape index (κ1) is 21.5. The molecule has 1 amide bonds. The molecule has 4 aromatic rings. The number of fused-ring (bicyclic) bond motifs is 1. The molecule has 5 heteroatoms. The van der Waals surface area contributed by atoms with Crippen molar-refractivity contribution < 1.29 is 14.3 Å². The molecule has 0 bridgehead atoms. The number of carbonyl (C=O) groups excluding carboxylic acids is 1. The minimum Gasteiger partial charge on any atom is -0.497 e. The van der Waals surface area contributed by atoms with Crippen LogP contribution in [0.5, 0.6) is 11.5 Å². The Bertz CT molecular complexity index is 1180. The van der Waals surface area contributed by atoms with E-state index in [4.69, 9.17) is 9.47 Å². The van der Waals surface area contributed by atoms with Crippen molar-refractivity contribution >= 4 is 16.8 Å². The van der Waals surface area contributed by atoms with Gasteiger partial charge in [-0.05, 0) is 53.9 Å². The molecule has 1 heterocycles. The summed E-state index contributed by atoms with van der Waals surface area (Å²) in [5.74, 6) is 1.38. The molecule has 0 fully saturated rings. The van der Waals surface area contributed by atoms with Crippen LogP contribution in [0.25, 0.3) is 10.9 Å². The number of para-hydroxylation sites is 1. The van der Waals surface area contributed by atoms with E-state index in [-0.39, 0.29) is 11.8 Å². The Morgan fingerprint density at radius 2 is 1.81 bits per heavy atom. The van der Waals surface area contributed by atoms with Gasteiger partial charge in [0.25, 0.3) is 5.91 Å². The molecular weight excluding hydrogens is 400 g/mol. The zero-order valence-electron chi connectivity index (χ0n) is 18.4. The third kappa shape index (κ3) is 4.78. The van der Waals surface area contributed by atoms with E-state index in [1.54, 1.807) is 13.2 Å². The van der Waals surface area contributed by atoms with E-state index in [2.05, 4.69) is 41.5 Å². The molecule has 1 aromatic heterocycles. The number of aromatic amines is 1. The molecule has 164 valence electrons. The molecule has 5 nitrogen and oxygen atoms in total. The number of aromatic nitrogens is 1. The maximum Gasteiger partial charge on any atom is 0.251 e. The summed E-state index contributed by atoms with van der Waals surface area (Å²) >= 11 is 0. The van der Waals surface area contributed by atoms with Gasteiger partial charge in [0.05, 0.1) is 13.7 Å². The predicted molar refractivity (Wildman–Crippen MR) is 128 cm³/mol. The summed E-state index contributed by atoms with van der Waals surface area (Å²) in [7, 11) is 1.66. The molecule has 32 heavy (non-hydrogen) atoms. The van der Waals surface area contributed by atoms with E-state index < -0.39 is 0 Å². The maximum absolute atomic E-state index is 12.9. The highest BCUT2D eigenvalue weighted by molar-refractivity contribution is 5.94. The lowest BCUT2D eigenvalue weighted by molar-refractivity contribution is 0.0952. The molecule has 0 aliphatic rings. The molecule has 1 atom stereocenters. The number of nitrogens with one attached hydrogen (secondary N) is 2. The molecule has 2 N–H and O–H groups in total. The van der Waals surface area contributed by atoms with Crippen molar-refractivity contribution in [3.63, 3.8) is 0 Å². The average molecular weight is 429 g/mol. The number of H-pyrrole nitrogens is 1. The molecular formula is C27H28N2O3. The monoisotopic (exact) mass is 428 g/mol. The Morgan fingerprint density at radius 1 is 1.00 bits per heavy atom. The lowest BCUT2D eigenvalue weighted by Gasteiger charge is -2.19. The van der Waals surface area contributed by atoms with Gasteiger partial charge in [0.15, 0.2) is 0 Å². The number of hydrogen-bond donors (Lipinski definition) is 2.